The second-order valence-corrected chi connectivity index (χ2v) is 7.99. The molecule has 1 aliphatic rings. The Labute approximate surface area is 171 Å². The number of fused-ring (bicyclic) bond motifs is 1. The lowest BCUT2D eigenvalue weighted by Gasteiger charge is -2.29. The normalized spacial score (nSPS) is 13.4. The fourth-order valence-corrected chi connectivity index (χ4v) is 3.74. The van der Waals surface area contributed by atoms with Crippen molar-refractivity contribution >= 4 is 11.5 Å². The SMILES string of the molecule is Cc1ncc2c(n1)CCN(c1cncc(C(=O)Cc3cccc(C(C)C)c3)c1)C2. The molecule has 0 aliphatic carbocycles. The molecule has 0 radical (unpaired) electrons. The molecule has 4 rings (SSSR count). The highest BCUT2D eigenvalue weighted by molar-refractivity contribution is 5.98. The van der Waals surface area contributed by atoms with Gasteiger partial charge in [0.1, 0.15) is 5.82 Å². The Morgan fingerprint density at radius 1 is 1.17 bits per heavy atom. The minimum absolute atomic E-state index is 0.0941. The lowest BCUT2D eigenvalue weighted by atomic mass is 9.97. The summed E-state index contributed by atoms with van der Waals surface area (Å²) in [5.74, 6) is 1.36. The predicted octanol–water partition coefficient (Wildman–Crippen LogP) is 4.29. The molecular weight excluding hydrogens is 360 g/mol. The van der Waals surface area contributed by atoms with Crippen molar-refractivity contribution in [3.05, 3.63) is 82.7 Å². The molecular formula is C24H26N4O. The third-order valence-electron chi connectivity index (χ3n) is 5.45. The van der Waals surface area contributed by atoms with Gasteiger partial charge in [-0.3, -0.25) is 9.78 Å². The molecule has 0 fully saturated rings. The summed E-state index contributed by atoms with van der Waals surface area (Å²) in [6, 6.07) is 10.2. The quantitative estimate of drug-likeness (QED) is 0.612. The van der Waals surface area contributed by atoms with Gasteiger partial charge in [0.2, 0.25) is 0 Å². The highest BCUT2D eigenvalue weighted by Gasteiger charge is 2.19. The number of hydrogen-bond acceptors (Lipinski definition) is 5. The van der Waals surface area contributed by atoms with Crippen molar-refractivity contribution in [2.45, 2.75) is 46.1 Å². The van der Waals surface area contributed by atoms with Gasteiger partial charge < -0.3 is 4.90 Å². The van der Waals surface area contributed by atoms with Crippen molar-refractivity contribution in [2.24, 2.45) is 0 Å². The molecule has 5 heteroatoms. The first-order chi connectivity index (χ1) is 14.0. The zero-order valence-electron chi connectivity index (χ0n) is 17.2. The Bertz CT molecular complexity index is 1040. The second-order valence-electron chi connectivity index (χ2n) is 7.99. The maximum Gasteiger partial charge on any atom is 0.168 e. The summed E-state index contributed by atoms with van der Waals surface area (Å²) in [6.07, 6.45) is 6.67. The number of benzene rings is 1. The van der Waals surface area contributed by atoms with Crippen molar-refractivity contribution in [2.75, 3.05) is 11.4 Å². The number of ketones is 1. The summed E-state index contributed by atoms with van der Waals surface area (Å²) >= 11 is 0. The van der Waals surface area contributed by atoms with Crippen molar-refractivity contribution in [3.63, 3.8) is 0 Å². The van der Waals surface area contributed by atoms with Crippen LogP contribution < -0.4 is 4.90 Å². The van der Waals surface area contributed by atoms with Crippen LogP contribution in [-0.2, 0) is 19.4 Å². The Morgan fingerprint density at radius 2 is 2.03 bits per heavy atom. The second kappa shape index (κ2) is 8.11. The molecule has 1 aromatic carbocycles. The summed E-state index contributed by atoms with van der Waals surface area (Å²) in [5.41, 5.74) is 6.20. The number of anilines is 1. The van der Waals surface area contributed by atoms with E-state index in [0.29, 0.717) is 17.9 Å². The van der Waals surface area contributed by atoms with Crippen LogP contribution in [0.4, 0.5) is 5.69 Å². The van der Waals surface area contributed by atoms with Gasteiger partial charge in [-0.1, -0.05) is 38.1 Å². The number of carbonyl (C=O) groups is 1. The van der Waals surface area contributed by atoms with E-state index in [0.717, 1.165) is 47.8 Å². The number of rotatable bonds is 5. The molecule has 0 bridgehead atoms. The van der Waals surface area contributed by atoms with Gasteiger partial charge >= 0.3 is 0 Å². The largest absolute Gasteiger partial charge is 0.365 e. The summed E-state index contributed by atoms with van der Waals surface area (Å²) in [7, 11) is 0. The molecule has 29 heavy (non-hydrogen) atoms. The van der Waals surface area contributed by atoms with Gasteiger partial charge in [0.05, 0.1) is 17.6 Å². The van der Waals surface area contributed by atoms with E-state index in [1.807, 2.05) is 37.5 Å². The number of Topliss-reactive ketones (excluding diaryl/α,β-unsaturated/α-hetero) is 1. The summed E-state index contributed by atoms with van der Waals surface area (Å²) < 4.78 is 0. The van der Waals surface area contributed by atoms with Gasteiger partial charge in [0.15, 0.2) is 5.78 Å². The maximum atomic E-state index is 12.9. The van der Waals surface area contributed by atoms with Crippen molar-refractivity contribution in [1.29, 1.82) is 0 Å². The highest BCUT2D eigenvalue weighted by atomic mass is 16.1. The number of aryl methyl sites for hydroxylation is 1. The molecule has 3 heterocycles. The first kappa shape index (κ1) is 19.2. The van der Waals surface area contributed by atoms with E-state index < -0.39 is 0 Å². The Kier molecular flexibility index (Phi) is 5.38. The summed E-state index contributed by atoms with van der Waals surface area (Å²) in [5, 5.41) is 0. The van der Waals surface area contributed by atoms with Crippen molar-refractivity contribution < 1.29 is 4.79 Å². The Morgan fingerprint density at radius 3 is 2.86 bits per heavy atom. The average Bonchev–Trinajstić information content (AvgIpc) is 2.73. The molecule has 2 aromatic heterocycles. The van der Waals surface area contributed by atoms with Crippen LogP contribution in [0.1, 0.15) is 58.3 Å². The molecule has 0 saturated heterocycles. The average molecular weight is 386 g/mol. The van der Waals surface area contributed by atoms with E-state index in [1.165, 1.54) is 5.56 Å². The third kappa shape index (κ3) is 4.34. The molecule has 1 aliphatic heterocycles. The van der Waals surface area contributed by atoms with Gasteiger partial charge in [-0.2, -0.15) is 0 Å². The van der Waals surface area contributed by atoms with Crippen LogP contribution in [0, 0.1) is 6.92 Å². The number of hydrogen-bond donors (Lipinski definition) is 0. The van der Waals surface area contributed by atoms with Gasteiger partial charge in [0, 0.05) is 49.5 Å². The fraction of sp³-hybridized carbons (Fsp3) is 0.333. The lowest BCUT2D eigenvalue weighted by molar-refractivity contribution is 0.0992. The molecule has 0 unspecified atom stereocenters. The molecule has 0 spiro atoms. The minimum Gasteiger partial charge on any atom is -0.365 e. The van der Waals surface area contributed by atoms with Crippen LogP contribution in [0.5, 0.6) is 0 Å². The van der Waals surface area contributed by atoms with E-state index in [2.05, 4.69) is 45.8 Å². The van der Waals surface area contributed by atoms with Crippen LogP contribution in [0.15, 0.2) is 48.9 Å². The highest BCUT2D eigenvalue weighted by Crippen LogP contribution is 2.24. The third-order valence-corrected chi connectivity index (χ3v) is 5.45. The van der Waals surface area contributed by atoms with Crippen molar-refractivity contribution in [1.82, 2.24) is 15.0 Å². The minimum atomic E-state index is 0.0941. The predicted molar refractivity (Wildman–Crippen MR) is 114 cm³/mol. The van der Waals surface area contributed by atoms with Gasteiger partial charge in [-0.25, -0.2) is 9.97 Å². The van der Waals surface area contributed by atoms with E-state index in [1.54, 1.807) is 6.20 Å². The maximum absolute atomic E-state index is 12.9. The van der Waals surface area contributed by atoms with E-state index in [4.69, 9.17) is 0 Å². The number of carbonyl (C=O) groups excluding carboxylic acids is 1. The monoisotopic (exact) mass is 386 g/mol. The van der Waals surface area contributed by atoms with Gasteiger partial charge in [-0.15, -0.1) is 0 Å². The van der Waals surface area contributed by atoms with Crippen molar-refractivity contribution in [3.8, 4) is 0 Å². The Balaban J connectivity index is 1.51. The molecule has 148 valence electrons. The Hall–Kier alpha value is -3.08. The van der Waals surface area contributed by atoms with E-state index in [-0.39, 0.29) is 5.78 Å². The number of pyridine rings is 1. The van der Waals surface area contributed by atoms with Crippen LogP contribution in [-0.4, -0.2) is 27.3 Å². The first-order valence-electron chi connectivity index (χ1n) is 10.1. The smallest absolute Gasteiger partial charge is 0.168 e. The van der Waals surface area contributed by atoms with Gasteiger partial charge in [0.25, 0.3) is 0 Å². The van der Waals surface area contributed by atoms with Gasteiger partial charge in [-0.05, 0) is 30.0 Å². The number of aromatic nitrogens is 3. The zero-order chi connectivity index (χ0) is 20.4. The van der Waals surface area contributed by atoms with E-state index in [9.17, 15) is 4.79 Å². The molecule has 0 N–H and O–H groups in total. The summed E-state index contributed by atoms with van der Waals surface area (Å²) in [6.45, 7) is 7.85. The molecule has 0 atom stereocenters. The van der Waals surface area contributed by atoms with Crippen LogP contribution in [0.3, 0.4) is 0 Å². The standard InChI is InChI=1S/C24H26N4O/c1-16(2)19-6-4-5-18(9-19)10-24(29)20-11-22(14-25-12-20)28-8-7-23-21(15-28)13-26-17(3)27-23/h4-6,9,11-14,16H,7-8,10,15H2,1-3H3. The van der Waals surface area contributed by atoms with Crippen LogP contribution in [0.2, 0.25) is 0 Å². The first-order valence-corrected chi connectivity index (χ1v) is 10.1. The molecule has 0 amide bonds. The summed E-state index contributed by atoms with van der Waals surface area (Å²) in [4.78, 5) is 28.3. The van der Waals surface area contributed by atoms with Crippen LogP contribution in [0.25, 0.3) is 0 Å². The number of nitrogens with zero attached hydrogens (tertiary/aromatic N) is 4. The fourth-order valence-electron chi connectivity index (χ4n) is 3.74. The molecule has 3 aromatic rings. The molecule has 0 saturated carbocycles. The van der Waals surface area contributed by atoms with E-state index >= 15 is 0 Å². The lowest BCUT2D eigenvalue weighted by Crippen LogP contribution is -2.31. The topological polar surface area (TPSA) is 59.0 Å². The molecule has 5 nitrogen and oxygen atoms in total. The zero-order valence-corrected chi connectivity index (χ0v) is 17.2. The van der Waals surface area contributed by atoms with Crippen LogP contribution >= 0.6 is 0 Å².